The zero-order valence-corrected chi connectivity index (χ0v) is 21.8. The Hall–Kier alpha value is -3.81. The van der Waals surface area contributed by atoms with Crippen molar-refractivity contribution in [3.05, 3.63) is 58.8 Å². The van der Waals surface area contributed by atoms with Crippen molar-refractivity contribution >= 4 is 35.3 Å². The molecule has 1 saturated heterocycles. The highest BCUT2D eigenvalue weighted by molar-refractivity contribution is 6.16. The van der Waals surface area contributed by atoms with Crippen molar-refractivity contribution in [1.82, 2.24) is 10.2 Å². The molecule has 0 bridgehead atoms. The van der Waals surface area contributed by atoms with E-state index in [1.807, 2.05) is 37.3 Å². The van der Waals surface area contributed by atoms with Gasteiger partial charge in [0.25, 0.3) is 5.91 Å². The first-order chi connectivity index (χ1) is 17.0. The number of hydrogen-bond donors (Lipinski definition) is 2. The lowest BCUT2D eigenvalue weighted by Gasteiger charge is -2.47. The van der Waals surface area contributed by atoms with Crippen LogP contribution in [-0.4, -0.2) is 48.5 Å². The Morgan fingerprint density at radius 2 is 2.00 bits per heavy atom. The van der Waals surface area contributed by atoms with Crippen LogP contribution in [0, 0.1) is 6.92 Å². The summed E-state index contributed by atoms with van der Waals surface area (Å²) in [5, 5.41) is 5.34. The molecule has 2 N–H and O–H groups in total. The van der Waals surface area contributed by atoms with E-state index in [-0.39, 0.29) is 17.8 Å². The normalized spacial score (nSPS) is 19.8. The molecule has 2 aliphatic heterocycles. The molecule has 8 nitrogen and oxygen atoms in total. The van der Waals surface area contributed by atoms with Gasteiger partial charge in [0.1, 0.15) is 18.0 Å². The van der Waals surface area contributed by atoms with Crippen molar-refractivity contribution in [1.29, 1.82) is 0 Å². The van der Waals surface area contributed by atoms with Gasteiger partial charge in [-0.1, -0.05) is 19.1 Å². The van der Waals surface area contributed by atoms with Gasteiger partial charge in [-0.3, -0.25) is 9.59 Å². The Bertz CT molecular complexity index is 1250. The number of ether oxygens (including phenoxy) is 1. The number of carbonyl (C=O) groups excluding carboxylic acids is 3. The zero-order chi connectivity index (χ0) is 26.2. The predicted octanol–water partition coefficient (Wildman–Crippen LogP) is 4.65. The second kappa shape index (κ2) is 9.68. The van der Waals surface area contributed by atoms with Gasteiger partial charge in [-0.15, -0.1) is 0 Å². The lowest BCUT2D eigenvalue weighted by Crippen LogP contribution is -2.48. The van der Waals surface area contributed by atoms with Crippen LogP contribution in [-0.2, 0) is 9.59 Å². The van der Waals surface area contributed by atoms with E-state index in [0.29, 0.717) is 22.9 Å². The molecule has 0 aromatic heterocycles. The van der Waals surface area contributed by atoms with E-state index in [1.165, 1.54) is 5.56 Å². The minimum Gasteiger partial charge on any atom is -0.496 e. The van der Waals surface area contributed by atoms with Crippen LogP contribution in [0.25, 0.3) is 6.08 Å². The topological polar surface area (TPSA) is 91.0 Å². The van der Waals surface area contributed by atoms with E-state index in [1.54, 1.807) is 19.3 Å². The fraction of sp³-hybridized carbons (Fsp3) is 0.393. The number of methoxy groups -OCH3 is 1. The molecule has 1 fully saturated rings. The summed E-state index contributed by atoms with van der Waals surface area (Å²) < 4.78 is 5.67. The van der Waals surface area contributed by atoms with E-state index in [0.717, 1.165) is 29.1 Å². The Morgan fingerprint density at radius 1 is 1.25 bits per heavy atom. The van der Waals surface area contributed by atoms with Gasteiger partial charge in [-0.25, -0.2) is 9.69 Å². The van der Waals surface area contributed by atoms with Gasteiger partial charge in [0.2, 0.25) is 5.91 Å². The number of rotatable bonds is 6. The average Bonchev–Trinajstić information content (AvgIpc) is 3.06. The molecule has 1 unspecified atom stereocenters. The molecule has 4 rings (SSSR count). The number of aryl methyl sites for hydroxylation is 1. The predicted molar refractivity (Wildman–Crippen MR) is 141 cm³/mol. The molecule has 2 aromatic carbocycles. The third-order valence-electron chi connectivity index (χ3n) is 6.92. The van der Waals surface area contributed by atoms with Gasteiger partial charge in [0.05, 0.1) is 7.11 Å². The molecule has 0 spiro atoms. The smallest absolute Gasteiger partial charge is 0.329 e. The summed E-state index contributed by atoms with van der Waals surface area (Å²) in [5.74, 6) is -0.0739. The van der Waals surface area contributed by atoms with Crippen LogP contribution in [0.3, 0.4) is 0 Å². The highest BCUT2D eigenvalue weighted by Crippen LogP contribution is 2.46. The highest BCUT2D eigenvalue weighted by Gasteiger charge is 2.37. The third kappa shape index (κ3) is 4.80. The van der Waals surface area contributed by atoms with E-state index in [4.69, 9.17) is 4.74 Å². The highest BCUT2D eigenvalue weighted by atomic mass is 16.5. The van der Waals surface area contributed by atoms with Gasteiger partial charge < -0.3 is 20.3 Å². The van der Waals surface area contributed by atoms with Gasteiger partial charge in [0.15, 0.2) is 0 Å². The zero-order valence-electron chi connectivity index (χ0n) is 21.8. The lowest BCUT2D eigenvalue weighted by atomic mass is 9.79. The average molecular weight is 491 g/mol. The third-order valence-corrected chi connectivity index (χ3v) is 6.92. The summed E-state index contributed by atoms with van der Waals surface area (Å²) in [7, 11) is 1.59. The number of amides is 4. The van der Waals surface area contributed by atoms with E-state index >= 15 is 0 Å². The van der Waals surface area contributed by atoms with Gasteiger partial charge >= 0.3 is 6.03 Å². The van der Waals surface area contributed by atoms with Gasteiger partial charge in [0, 0.05) is 35.1 Å². The second-order valence-electron chi connectivity index (χ2n) is 10.1. The van der Waals surface area contributed by atoms with Crippen LogP contribution in [0.2, 0.25) is 0 Å². The van der Waals surface area contributed by atoms with Crippen LogP contribution in [0.1, 0.15) is 56.7 Å². The molecule has 190 valence electrons. The van der Waals surface area contributed by atoms with Crippen LogP contribution >= 0.6 is 0 Å². The number of nitrogens with zero attached hydrogens (tertiary/aromatic N) is 2. The van der Waals surface area contributed by atoms with Crippen LogP contribution < -0.4 is 20.3 Å². The van der Waals surface area contributed by atoms with E-state index in [9.17, 15) is 14.4 Å². The first-order valence-electron chi connectivity index (χ1n) is 12.2. The molecule has 1 atom stereocenters. The molecule has 4 amide bonds. The first kappa shape index (κ1) is 25.3. The van der Waals surface area contributed by atoms with Crippen LogP contribution in [0.15, 0.2) is 42.1 Å². The van der Waals surface area contributed by atoms with Crippen LogP contribution in [0.5, 0.6) is 5.75 Å². The SMILES string of the molecule is CCN1c2cc(OC)c(/C=C3/NC(=O)N(CC(=O)Nc4cccc(C)c4)C3=O)cc2C(C)CC1(C)C. The summed E-state index contributed by atoms with van der Waals surface area (Å²) >= 11 is 0. The molecule has 0 aliphatic carbocycles. The van der Waals surface area contributed by atoms with Crippen molar-refractivity contribution in [2.45, 2.75) is 52.5 Å². The van der Waals surface area contributed by atoms with Crippen LogP contribution in [0.4, 0.5) is 16.2 Å². The number of anilines is 2. The second-order valence-corrected chi connectivity index (χ2v) is 10.1. The summed E-state index contributed by atoms with van der Waals surface area (Å²) in [6.07, 6.45) is 2.62. The maximum absolute atomic E-state index is 13.0. The van der Waals surface area contributed by atoms with Crippen molar-refractivity contribution in [2.75, 3.05) is 30.4 Å². The Kier molecular flexibility index (Phi) is 6.80. The number of imide groups is 1. The minimum atomic E-state index is -0.630. The molecule has 0 radical (unpaired) electrons. The number of urea groups is 1. The quantitative estimate of drug-likeness (QED) is 0.455. The fourth-order valence-corrected chi connectivity index (χ4v) is 5.35. The summed E-state index contributed by atoms with van der Waals surface area (Å²) in [6, 6.07) is 10.7. The Labute approximate surface area is 212 Å². The van der Waals surface area contributed by atoms with Crippen molar-refractivity contribution < 1.29 is 19.1 Å². The first-order valence-corrected chi connectivity index (χ1v) is 12.2. The maximum atomic E-state index is 13.0. The Morgan fingerprint density at radius 3 is 2.67 bits per heavy atom. The molecular formula is C28H34N4O4. The Balaban J connectivity index is 1.59. The lowest BCUT2D eigenvalue weighted by molar-refractivity contribution is -0.127. The van der Waals surface area contributed by atoms with E-state index < -0.39 is 17.8 Å². The van der Waals surface area contributed by atoms with Crippen molar-refractivity contribution in [3.63, 3.8) is 0 Å². The number of hydrogen-bond acceptors (Lipinski definition) is 5. The van der Waals surface area contributed by atoms with Crippen molar-refractivity contribution in [2.24, 2.45) is 0 Å². The molecule has 2 aliphatic rings. The minimum absolute atomic E-state index is 0.0150. The van der Waals surface area contributed by atoms with Gasteiger partial charge in [-0.05, 0) is 75.4 Å². The fourth-order valence-electron chi connectivity index (χ4n) is 5.35. The number of benzene rings is 2. The molecule has 2 heterocycles. The number of fused-ring (bicyclic) bond motifs is 1. The number of nitrogens with one attached hydrogen (secondary N) is 2. The summed E-state index contributed by atoms with van der Waals surface area (Å²) in [6.45, 7) is 11.2. The van der Waals surface area contributed by atoms with E-state index in [2.05, 4.69) is 43.2 Å². The largest absolute Gasteiger partial charge is 0.496 e. The summed E-state index contributed by atoms with van der Waals surface area (Å²) in [5.41, 5.74) is 4.73. The van der Waals surface area contributed by atoms with Crippen molar-refractivity contribution in [3.8, 4) is 5.75 Å². The molecule has 2 aromatic rings. The monoisotopic (exact) mass is 490 g/mol. The standard InChI is InChI=1S/C28H34N4O4/c1-7-32-23-14-24(36-6)19(12-21(23)18(3)15-28(32,4)5)13-22-26(34)31(27(35)30-22)16-25(33)29-20-10-8-9-17(2)11-20/h8-14,18H,7,15-16H2,1-6H3,(H,29,33)(H,30,35)/b22-13+. The number of carbonyl (C=O) groups is 3. The molecule has 8 heteroatoms. The maximum Gasteiger partial charge on any atom is 0.329 e. The summed E-state index contributed by atoms with van der Waals surface area (Å²) in [4.78, 5) is 41.4. The molecular weight excluding hydrogens is 456 g/mol. The van der Waals surface area contributed by atoms with Gasteiger partial charge in [-0.2, -0.15) is 0 Å². The molecule has 0 saturated carbocycles. The molecule has 36 heavy (non-hydrogen) atoms.